The summed E-state index contributed by atoms with van der Waals surface area (Å²) in [4.78, 5) is 37.2. The molecule has 0 bridgehead atoms. The number of nitrogens with one attached hydrogen (secondary N) is 1. The van der Waals surface area contributed by atoms with Crippen molar-refractivity contribution in [2.45, 2.75) is 6.54 Å². The van der Waals surface area contributed by atoms with Crippen molar-refractivity contribution in [1.29, 1.82) is 0 Å². The maximum absolute atomic E-state index is 12.5. The number of carbonyl (C=O) groups is 2. The van der Waals surface area contributed by atoms with Crippen LogP contribution in [-0.4, -0.2) is 26.1 Å². The largest absolute Gasteiger partial charge is 0.493 e. The molecule has 0 saturated carbocycles. The van der Waals surface area contributed by atoms with E-state index in [1.54, 1.807) is 30.3 Å². The second kappa shape index (κ2) is 9.31. The molecule has 9 heteroatoms. The van der Waals surface area contributed by atoms with Crippen LogP contribution in [0.2, 0.25) is 0 Å². The van der Waals surface area contributed by atoms with E-state index in [0.29, 0.717) is 22.6 Å². The van der Waals surface area contributed by atoms with Crippen molar-refractivity contribution in [2.24, 2.45) is 0 Å². The van der Waals surface area contributed by atoms with Gasteiger partial charge in [-0.05, 0) is 48.5 Å². The van der Waals surface area contributed by atoms with Crippen molar-refractivity contribution in [1.82, 2.24) is 5.32 Å². The minimum Gasteiger partial charge on any atom is -0.493 e. The highest BCUT2D eigenvalue weighted by Crippen LogP contribution is 2.28. The SMILES string of the molecule is COc1ccc(C(=O)Oc2ccc3cc(C(=O)NCc4ccco4)c(=O)oc3c2)cc1OC. The van der Waals surface area contributed by atoms with Crippen LogP contribution in [0.5, 0.6) is 17.2 Å². The van der Waals surface area contributed by atoms with Crippen LogP contribution in [0.3, 0.4) is 0 Å². The lowest BCUT2D eigenvalue weighted by Crippen LogP contribution is -2.27. The number of hydrogen-bond acceptors (Lipinski definition) is 8. The summed E-state index contributed by atoms with van der Waals surface area (Å²) in [5.74, 6) is 0.354. The Morgan fingerprint density at radius 2 is 1.79 bits per heavy atom. The molecular formula is C24H19NO8. The Hall–Kier alpha value is -4.53. The number of rotatable bonds is 7. The Kier molecular flexibility index (Phi) is 6.12. The fourth-order valence-electron chi connectivity index (χ4n) is 3.12. The normalized spacial score (nSPS) is 10.6. The molecule has 2 aromatic heterocycles. The Balaban J connectivity index is 1.52. The van der Waals surface area contributed by atoms with Crippen LogP contribution < -0.4 is 25.2 Å². The van der Waals surface area contributed by atoms with Gasteiger partial charge in [-0.1, -0.05) is 0 Å². The maximum atomic E-state index is 12.5. The highest BCUT2D eigenvalue weighted by atomic mass is 16.5. The second-order valence-electron chi connectivity index (χ2n) is 6.87. The molecule has 0 aliphatic rings. The molecule has 4 aromatic rings. The molecule has 0 spiro atoms. The number of fused-ring (bicyclic) bond motifs is 1. The van der Waals surface area contributed by atoms with Gasteiger partial charge in [0.15, 0.2) is 11.5 Å². The van der Waals surface area contributed by atoms with Crippen molar-refractivity contribution >= 4 is 22.8 Å². The molecule has 1 N–H and O–H groups in total. The Morgan fingerprint density at radius 1 is 0.970 bits per heavy atom. The van der Waals surface area contributed by atoms with E-state index in [-0.39, 0.29) is 29.0 Å². The number of methoxy groups -OCH3 is 2. The minimum atomic E-state index is -0.817. The van der Waals surface area contributed by atoms with Gasteiger partial charge in [0, 0.05) is 11.5 Å². The topological polar surface area (TPSA) is 117 Å². The number of amides is 1. The maximum Gasteiger partial charge on any atom is 0.349 e. The molecule has 1 amide bonds. The fourth-order valence-corrected chi connectivity index (χ4v) is 3.12. The van der Waals surface area contributed by atoms with Crippen LogP contribution in [0.1, 0.15) is 26.5 Å². The zero-order chi connectivity index (χ0) is 23.4. The molecule has 0 aliphatic carbocycles. The molecule has 2 heterocycles. The van der Waals surface area contributed by atoms with Gasteiger partial charge >= 0.3 is 11.6 Å². The molecule has 0 atom stereocenters. The summed E-state index contributed by atoms with van der Waals surface area (Å²) in [6, 6.07) is 14.0. The van der Waals surface area contributed by atoms with Crippen LogP contribution in [0.15, 0.2) is 74.5 Å². The average molecular weight is 449 g/mol. The number of ether oxygens (including phenoxy) is 3. The van der Waals surface area contributed by atoms with E-state index in [1.165, 1.54) is 44.7 Å². The highest BCUT2D eigenvalue weighted by molar-refractivity contribution is 5.97. The molecule has 2 aromatic carbocycles. The van der Waals surface area contributed by atoms with Gasteiger partial charge in [-0.3, -0.25) is 4.79 Å². The van der Waals surface area contributed by atoms with Crippen molar-refractivity contribution in [3.63, 3.8) is 0 Å². The zero-order valence-corrected chi connectivity index (χ0v) is 17.7. The molecule has 0 fully saturated rings. The van der Waals surface area contributed by atoms with Crippen LogP contribution in [-0.2, 0) is 6.54 Å². The molecule has 33 heavy (non-hydrogen) atoms. The Bertz CT molecular complexity index is 1370. The summed E-state index contributed by atoms with van der Waals surface area (Å²) in [5.41, 5.74) is -0.551. The van der Waals surface area contributed by atoms with Crippen LogP contribution in [0, 0.1) is 0 Å². The summed E-state index contributed by atoms with van der Waals surface area (Å²) < 4.78 is 26.2. The number of benzene rings is 2. The van der Waals surface area contributed by atoms with Gasteiger partial charge in [0.2, 0.25) is 0 Å². The average Bonchev–Trinajstić information content (AvgIpc) is 3.35. The highest BCUT2D eigenvalue weighted by Gasteiger charge is 2.16. The first-order valence-electron chi connectivity index (χ1n) is 9.81. The summed E-state index contributed by atoms with van der Waals surface area (Å²) in [6.45, 7) is 0.133. The van der Waals surface area contributed by atoms with Gasteiger partial charge in [0.25, 0.3) is 5.91 Å². The van der Waals surface area contributed by atoms with E-state index in [4.69, 9.17) is 23.0 Å². The van der Waals surface area contributed by atoms with Gasteiger partial charge in [0.05, 0.1) is 32.6 Å². The fraction of sp³-hybridized carbons (Fsp3) is 0.125. The number of furan rings is 1. The first-order chi connectivity index (χ1) is 16.0. The lowest BCUT2D eigenvalue weighted by Gasteiger charge is -2.10. The van der Waals surface area contributed by atoms with Crippen LogP contribution in [0.4, 0.5) is 0 Å². The van der Waals surface area contributed by atoms with E-state index in [9.17, 15) is 14.4 Å². The van der Waals surface area contributed by atoms with Crippen molar-refractivity contribution in [3.05, 3.63) is 88.2 Å². The van der Waals surface area contributed by atoms with E-state index in [1.807, 2.05) is 0 Å². The standard InChI is InChI=1S/C24H19NO8/c1-29-19-8-6-15(11-21(19)30-2)23(27)32-16-7-5-14-10-18(24(28)33-20(14)12-16)22(26)25-13-17-4-3-9-31-17/h3-12H,13H2,1-2H3,(H,25,26). The molecule has 0 aliphatic heterocycles. The Labute approximate surface area is 187 Å². The summed E-state index contributed by atoms with van der Waals surface area (Å²) in [7, 11) is 2.96. The quantitative estimate of drug-likeness (QED) is 0.259. The first kappa shape index (κ1) is 21.7. The number of carbonyl (C=O) groups excluding carboxylic acids is 2. The van der Waals surface area contributed by atoms with E-state index in [0.717, 1.165) is 0 Å². The number of hydrogen-bond donors (Lipinski definition) is 1. The summed E-state index contributed by atoms with van der Waals surface area (Å²) >= 11 is 0. The molecular weight excluding hydrogens is 430 g/mol. The van der Waals surface area contributed by atoms with Gasteiger partial charge in [-0.2, -0.15) is 0 Å². The second-order valence-corrected chi connectivity index (χ2v) is 6.87. The molecule has 0 radical (unpaired) electrons. The monoisotopic (exact) mass is 449 g/mol. The third kappa shape index (κ3) is 4.72. The van der Waals surface area contributed by atoms with Crippen LogP contribution in [0.25, 0.3) is 11.0 Å². The minimum absolute atomic E-state index is 0.133. The van der Waals surface area contributed by atoms with Gasteiger partial charge in [0.1, 0.15) is 22.7 Å². The van der Waals surface area contributed by atoms with Crippen molar-refractivity contribution in [3.8, 4) is 17.2 Å². The van der Waals surface area contributed by atoms with E-state index < -0.39 is 17.5 Å². The molecule has 9 nitrogen and oxygen atoms in total. The summed E-state index contributed by atoms with van der Waals surface area (Å²) in [5, 5.41) is 3.09. The molecule has 168 valence electrons. The smallest absolute Gasteiger partial charge is 0.349 e. The molecule has 4 rings (SSSR count). The first-order valence-corrected chi connectivity index (χ1v) is 9.81. The van der Waals surface area contributed by atoms with Gasteiger partial charge in [-0.25, -0.2) is 9.59 Å². The predicted molar refractivity (Wildman–Crippen MR) is 117 cm³/mol. The zero-order valence-electron chi connectivity index (χ0n) is 17.7. The van der Waals surface area contributed by atoms with Gasteiger partial charge in [-0.15, -0.1) is 0 Å². The third-order valence-corrected chi connectivity index (χ3v) is 4.79. The van der Waals surface area contributed by atoms with Crippen molar-refractivity contribution < 1.29 is 32.6 Å². The van der Waals surface area contributed by atoms with Gasteiger partial charge < -0.3 is 28.4 Å². The molecule has 0 saturated heterocycles. The predicted octanol–water partition coefficient (Wildman–Crippen LogP) is 3.55. The van der Waals surface area contributed by atoms with Crippen LogP contribution >= 0.6 is 0 Å². The third-order valence-electron chi connectivity index (χ3n) is 4.79. The molecule has 0 unspecified atom stereocenters. The lowest BCUT2D eigenvalue weighted by atomic mass is 10.1. The van der Waals surface area contributed by atoms with Crippen molar-refractivity contribution in [2.75, 3.05) is 14.2 Å². The number of esters is 1. The lowest BCUT2D eigenvalue weighted by molar-refractivity contribution is 0.0734. The van der Waals surface area contributed by atoms with E-state index in [2.05, 4.69) is 5.32 Å². The Morgan fingerprint density at radius 3 is 2.52 bits per heavy atom. The van der Waals surface area contributed by atoms with E-state index >= 15 is 0 Å². The summed E-state index contributed by atoms with van der Waals surface area (Å²) in [6.07, 6.45) is 1.49.